The molecule has 0 spiro atoms. The molecule has 11 rings (SSSR count). The van der Waals surface area contributed by atoms with Gasteiger partial charge >= 0.3 is 66.7 Å². The third-order valence-corrected chi connectivity index (χ3v) is 18.0. The van der Waals surface area contributed by atoms with Crippen LogP contribution in [0, 0.1) is 0 Å². The van der Waals surface area contributed by atoms with Crippen LogP contribution in [0.5, 0.6) is 0 Å². The number of aldehydes is 2. The van der Waals surface area contributed by atoms with Crippen molar-refractivity contribution in [2.24, 2.45) is 21.5 Å². The number of halogens is 4. The zero-order valence-corrected chi connectivity index (χ0v) is 55.9. The predicted molar refractivity (Wildman–Crippen MR) is 369 cm³/mol. The van der Waals surface area contributed by atoms with Gasteiger partial charge < -0.3 is 54.0 Å². The summed E-state index contributed by atoms with van der Waals surface area (Å²) in [6, 6.07) is 23.1. The van der Waals surface area contributed by atoms with Crippen molar-refractivity contribution in [3.05, 3.63) is 88.8 Å². The van der Waals surface area contributed by atoms with Crippen molar-refractivity contribution in [3.63, 3.8) is 0 Å². The van der Waals surface area contributed by atoms with Gasteiger partial charge in [-0.15, -0.1) is 0 Å². The van der Waals surface area contributed by atoms with Gasteiger partial charge in [-0.2, -0.15) is 0 Å². The Bertz CT molecular complexity index is 2230. The molecule has 89 heavy (non-hydrogen) atoms. The normalized spacial score (nSPS) is 28.5. The largest absolute Gasteiger partial charge is 0.311 e. The molecule has 12 atom stereocenters. The minimum atomic E-state index is 0. The molecule has 3 aromatic rings. The summed E-state index contributed by atoms with van der Waals surface area (Å²) in [5.74, 6) is 0. The van der Waals surface area contributed by atoms with E-state index in [1.165, 1.54) is 165 Å². The van der Waals surface area contributed by atoms with Gasteiger partial charge in [-0.3, -0.25) is 24.6 Å². The molecule has 6 aliphatic carbocycles. The molecule has 0 saturated heterocycles. The molecule has 4 bridgehead atoms. The van der Waals surface area contributed by atoms with Crippen molar-refractivity contribution < 1.29 is 35.9 Å². The number of fused-ring (bicyclic) bond motifs is 8. The Morgan fingerprint density at radius 1 is 0.427 bits per heavy atom. The Kier molecular flexibility index (Phi) is 45.1. The Morgan fingerprint density at radius 2 is 0.753 bits per heavy atom. The predicted octanol–water partition coefficient (Wildman–Crippen LogP) is 10.9. The summed E-state index contributed by atoms with van der Waals surface area (Å²) in [6.07, 6.45) is 35.7. The number of carbonyl (C=O) groups excluding carboxylic acids is 2. The molecule has 2 aliphatic heterocycles. The standard InChI is InChI=1S/C21H35N5.C21H31N5.C14H30N4.C7H5NO2.3CH4.4ClH.2Mn/c2*1-3-10-20-18(8-1)22-12-13-23-19-9-2-4-11-21(19)25-15-17-7-5-6-16(26-17)14-24-20;15-11-5-1-3-7-13(11)17-9-10-18-14-8-4-2-6-12(14)16;9-4-6-2-1-3-7(5-10)8-6;;;;;;;;;/h5-7,18-25H,1-4,8-15H2;5-7,14-15,18-23H,1-4,8-13H2;11-14,17-18H,1-10,15-16H2;1-5H;3*1H4;4*1H;;/q;;;;;;;;;;;2*+2/p-4/t2*18-,19?,20-,21-;11-,12-,13-,14?;;;;;;;;;;/m111........../s1. The molecule has 17 nitrogen and oxygen atoms in total. The van der Waals surface area contributed by atoms with Gasteiger partial charge in [0.25, 0.3) is 0 Å². The summed E-state index contributed by atoms with van der Waals surface area (Å²) in [6.45, 7) is 7.94. The molecule has 3 aromatic heterocycles. The molecule has 23 heteroatoms. The van der Waals surface area contributed by atoms with E-state index in [0.717, 1.165) is 63.7 Å². The van der Waals surface area contributed by atoms with Crippen molar-refractivity contribution in [2.45, 2.75) is 262 Å². The van der Waals surface area contributed by atoms with Gasteiger partial charge in [0.05, 0.1) is 34.9 Å². The fraction of sp³-hybridized carbons (Fsp3) is 0.712. The average molecular weight is 1400 g/mol. The van der Waals surface area contributed by atoms with Crippen LogP contribution in [-0.2, 0) is 39.4 Å². The molecular weight excluding hydrogens is 1290 g/mol. The molecule has 8 aliphatic rings. The van der Waals surface area contributed by atoms with Crippen molar-refractivity contribution in [1.29, 1.82) is 0 Å². The van der Waals surface area contributed by atoms with Crippen LogP contribution in [0.15, 0.2) is 64.6 Å². The molecule has 0 amide bonds. The zero-order chi connectivity index (χ0) is 60.8. The van der Waals surface area contributed by atoms with Crippen molar-refractivity contribution in [3.8, 4) is 0 Å². The summed E-state index contributed by atoms with van der Waals surface area (Å²) in [4.78, 5) is 43.3. The van der Waals surface area contributed by atoms with E-state index in [9.17, 15) is 9.59 Å². The first-order chi connectivity index (χ1) is 42.2. The zero-order valence-electron chi connectivity index (χ0n) is 50.5. The molecule has 3 unspecified atom stereocenters. The van der Waals surface area contributed by atoms with Crippen LogP contribution in [0.4, 0.5) is 0 Å². The quantitative estimate of drug-likeness (QED) is 0.0601. The van der Waals surface area contributed by atoms with Crippen LogP contribution in [-0.4, -0.2) is 152 Å². The number of carbonyl (C=O) groups is 2. The SMILES string of the molecule is C.C.C.C1=N[C@@H]2CCCCC2NCCN[C@@H]2CCCC[C@H]2N=Cc2cccc1n2.N[C@@H]1CCCCC1NCCN[C@@H]1CCCC[C@H]1N.O=Cc1cccc(C=O)n1.[Cl][Mn][Cl].[Cl][Mn][Cl].c1cc2nc(c1)CN[C@@H]1CCCC[C@H]1NCCNC1CCCC[C@H]1NC2. The molecule has 6 fully saturated rings. The van der Waals surface area contributed by atoms with E-state index >= 15 is 0 Å². The molecule has 0 aromatic carbocycles. The van der Waals surface area contributed by atoms with Crippen LogP contribution in [0.25, 0.3) is 0 Å². The summed E-state index contributed by atoms with van der Waals surface area (Å²) in [5.41, 5.74) is 17.0. The number of aromatic nitrogens is 3. The van der Waals surface area contributed by atoms with Gasteiger partial charge in [-0.1, -0.05) is 118 Å². The third kappa shape index (κ3) is 31.4. The molecule has 506 valence electrons. The fourth-order valence-corrected chi connectivity index (χ4v) is 13.4. The smallest absolute Gasteiger partial charge is 0.0545 e. The molecule has 0 radical (unpaired) electrons. The second-order valence-electron chi connectivity index (χ2n) is 24.0. The first-order valence-corrected chi connectivity index (χ1v) is 38.7. The number of nitrogens with one attached hydrogen (secondary N) is 8. The fourth-order valence-electron chi connectivity index (χ4n) is 13.4. The van der Waals surface area contributed by atoms with Gasteiger partial charge in [0.2, 0.25) is 0 Å². The number of rotatable bonds is 7. The molecule has 5 heterocycles. The number of nitrogens with two attached hydrogens (primary N) is 2. The first-order valence-electron chi connectivity index (χ1n) is 32.2. The number of pyridine rings is 3. The number of aliphatic imine (C=N–C) groups is 2. The Morgan fingerprint density at radius 3 is 1.15 bits per heavy atom. The minimum Gasteiger partial charge on any atom is -0.311 e. The van der Waals surface area contributed by atoms with E-state index in [0.29, 0.717) is 85.1 Å². The maximum atomic E-state index is 10.1. The Labute approximate surface area is 566 Å². The van der Waals surface area contributed by atoms with E-state index in [4.69, 9.17) is 71.8 Å². The average Bonchev–Trinajstić information content (AvgIpc) is 3.93. The summed E-state index contributed by atoms with van der Waals surface area (Å²) >= 11 is 0.0139. The van der Waals surface area contributed by atoms with Gasteiger partial charge in [0, 0.05) is 125 Å². The van der Waals surface area contributed by atoms with Crippen molar-refractivity contribution >= 4 is 65.4 Å². The number of nitrogens with zero attached hydrogens (tertiary/aromatic N) is 5. The van der Waals surface area contributed by atoms with E-state index in [-0.39, 0.29) is 59.9 Å². The molecule has 12 N–H and O–H groups in total. The van der Waals surface area contributed by atoms with Gasteiger partial charge in [0.15, 0.2) is 12.6 Å². The van der Waals surface area contributed by atoms with E-state index < -0.39 is 0 Å². The number of hydrogen-bond acceptors (Lipinski definition) is 17. The van der Waals surface area contributed by atoms with Gasteiger partial charge in [-0.05, 0) is 113 Å². The molecular formula is C66H113Cl4Mn2N15O2. The topological polar surface area (TPSA) is 246 Å². The Hall–Kier alpha value is -2.07. The third-order valence-electron chi connectivity index (χ3n) is 18.0. The second-order valence-corrected chi connectivity index (χ2v) is 27.9. The van der Waals surface area contributed by atoms with E-state index in [2.05, 4.69) is 71.8 Å². The van der Waals surface area contributed by atoms with E-state index in [1.807, 2.05) is 24.6 Å². The first kappa shape index (κ1) is 81.2. The van der Waals surface area contributed by atoms with Gasteiger partial charge in [-0.25, -0.2) is 9.97 Å². The monoisotopic (exact) mass is 1400 g/mol. The Balaban J connectivity index is 0.000000310. The minimum absolute atomic E-state index is 0. The number of hydrogen-bond donors (Lipinski definition) is 10. The van der Waals surface area contributed by atoms with Crippen molar-refractivity contribution in [2.75, 3.05) is 39.3 Å². The maximum absolute atomic E-state index is 10.1. The van der Waals surface area contributed by atoms with Crippen LogP contribution in [0.3, 0.4) is 0 Å². The maximum Gasteiger partial charge on any atom is 0.0545 e. The van der Waals surface area contributed by atoms with Crippen LogP contribution in [0.1, 0.15) is 220 Å². The van der Waals surface area contributed by atoms with Crippen LogP contribution >= 0.6 is 40.4 Å². The second kappa shape index (κ2) is 49.5. The van der Waals surface area contributed by atoms with E-state index in [1.54, 1.807) is 18.2 Å². The summed E-state index contributed by atoms with van der Waals surface area (Å²) in [7, 11) is 19.2. The summed E-state index contributed by atoms with van der Waals surface area (Å²) in [5, 5.41) is 29.9. The summed E-state index contributed by atoms with van der Waals surface area (Å²) < 4.78 is 0. The van der Waals surface area contributed by atoms with Crippen LogP contribution < -0.4 is 54.0 Å². The van der Waals surface area contributed by atoms with Crippen LogP contribution in [0.2, 0.25) is 0 Å². The van der Waals surface area contributed by atoms with Crippen molar-refractivity contribution in [1.82, 2.24) is 57.5 Å². The van der Waals surface area contributed by atoms with Gasteiger partial charge in [0.1, 0.15) is 11.4 Å². The molecule has 6 saturated carbocycles.